The number of aromatic nitrogens is 4. The zero-order valence-corrected chi connectivity index (χ0v) is 14.4. The molecule has 1 fully saturated rings. The summed E-state index contributed by atoms with van der Waals surface area (Å²) >= 11 is 0. The van der Waals surface area contributed by atoms with Gasteiger partial charge < -0.3 is 10.6 Å². The number of benzene rings is 1. The Morgan fingerprint density at radius 3 is 2.60 bits per heavy atom. The van der Waals surface area contributed by atoms with Gasteiger partial charge in [0.15, 0.2) is 0 Å². The molecule has 8 heteroatoms. The highest BCUT2D eigenvalue weighted by Gasteiger charge is 2.27. The molecule has 1 aromatic carbocycles. The highest BCUT2D eigenvalue weighted by Crippen LogP contribution is 2.27. The van der Waals surface area contributed by atoms with Crippen LogP contribution in [0.15, 0.2) is 18.2 Å². The average Bonchev–Trinajstić information content (AvgIpc) is 3.11. The third kappa shape index (κ3) is 4.20. The van der Waals surface area contributed by atoms with Gasteiger partial charge >= 0.3 is 0 Å². The fourth-order valence-corrected chi connectivity index (χ4v) is 3.20. The van der Waals surface area contributed by atoms with Gasteiger partial charge in [-0.15, -0.1) is 10.2 Å². The predicted molar refractivity (Wildman–Crippen MR) is 92.5 cm³/mol. The molecular formula is C17H22N6O2. The quantitative estimate of drug-likeness (QED) is 0.784. The van der Waals surface area contributed by atoms with Crippen LogP contribution >= 0.6 is 0 Å². The first kappa shape index (κ1) is 17.1. The number of amides is 2. The summed E-state index contributed by atoms with van der Waals surface area (Å²) in [6.45, 7) is 3.47. The smallest absolute Gasteiger partial charge is 0.227 e. The third-order valence-corrected chi connectivity index (χ3v) is 4.60. The van der Waals surface area contributed by atoms with Crippen molar-refractivity contribution < 1.29 is 9.59 Å². The van der Waals surface area contributed by atoms with E-state index >= 15 is 0 Å². The van der Waals surface area contributed by atoms with E-state index in [1.807, 2.05) is 25.1 Å². The molecule has 0 spiro atoms. The Morgan fingerprint density at radius 2 is 1.96 bits per heavy atom. The molecule has 2 amide bonds. The number of nitrogens with zero attached hydrogens (tertiary/aromatic N) is 3. The fourth-order valence-electron chi connectivity index (χ4n) is 3.20. The molecule has 0 radical (unpaired) electrons. The highest BCUT2D eigenvalue weighted by molar-refractivity contribution is 5.94. The van der Waals surface area contributed by atoms with Crippen LogP contribution in [0.4, 0.5) is 5.69 Å². The summed E-state index contributed by atoms with van der Waals surface area (Å²) in [5.41, 5.74) is 2.54. The number of hydrogen-bond acceptors (Lipinski definition) is 5. The van der Waals surface area contributed by atoms with Gasteiger partial charge in [0.2, 0.25) is 17.6 Å². The van der Waals surface area contributed by atoms with Crippen molar-refractivity contribution in [2.75, 3.05) is 5.32 Å². The van der Waals surface area contributed by atoms with Crippen molar-refractivity contribution in [3.8, 4) is 11.4 Å². The molecule has 3 N–H and O–H groups in total. The van der Waals surface area contributed by atoms with E-state index in [-0.39, 0.29) is 23.8 Å². The molecule has 25 heavy (non-hydrogen) atoms. The molecule has 0 bridgehead atoms. The van der Waals surface area contributed by atoms with E-state index in [0.717, 1.165) is 42.5 Å². The molecule has 2 aromatic rings. The first-order valence-electron chi connectivity index (χ1n) is 8.45. The lowest BCUT2D eigenvalue weighted by Crippen LogP contribution is -2.38. The second-order valence-electron chi connectivity index (χ2n) is 6.50. The largest absolute Gasteiger partial charge is 0.354 e. The van der Waals surface area contributed by atoms with Gasteiger partial charge in [0.25, 0.3) is 0 Å². The van der Waals surface area contributed by atoms with Crippen LogP contribution in [0.1, 0.15) is 38.2 Å². The normalized spacial score (nSPS) is 20.1. The standard InChI is InChI=1S/C17H22N6O2/c1-10-3-4-13(16-20-22-23-21-16)9-15(10)19-17(25)12-5-7-14(8-6-12)18-11(2)24/h3-4,9,12,14H,5-8H2,1-2H3,(H,18,24)(H,19,25)(H,20,21,22,23). The van der Waals surface area contributed by atoms with E-state index < -0.39 is 0 Å². The molecule has 1 heterocycles. The molecule has 0 unspecified atom stereocenters. The SMILES string of the molecule is CC(=O)NC1CCC(C(=O)Nc2cc(-c3nn[nH]n3)ccc2C)CC1. The zero-order chi connectivity index (χ0) is 17.8. The number of carbonyl (C=O) groups excluding carboxylic acids is 2. The Labute approximate surface area is 145 Å². The molecule has 132 valence electrons. The average molecular weight is 342 g/mol. The van der Waals surface area contributed by atoms with Gasteiger partial charge in [-0.25, -0.2) is 0 Å². The molecule has 8 nitrogen and oxygen atoms in total. The number of tetrazole rings is 1. The van der Waals surface area contributed by atoms with Crippen LogP contribution in [-0.4, -0.2) is 38.5 Å². The van der Waals surface area contributed by atoms with Crippen molar-refractivity contribution in [1.29, 1.82) is 0 Å². The molecule has 3 rings (SSSR count). The minimum Gasteiger partial charge on any atom is -0.354 e. The van der Waals surface area contributed by atoms with E-state index in [0.29, 0.717) is 5.82 Å². The number of carbonyl (C=O) groups is 2. The van der Waals surface area contributed by atoms with Crippen LogP contribution in [-0.2, 0) is 9.59 Å². The minimum absolute atomic E-state index is 0.0122. The lowest BCUT2D eigenvalue weighted by Gasteiger charge is -2.28. The van der Waals surface area contributed by atoms with Gasteiger partial charge in [-0.1, -0.05) is 12.1 Å². The van der Waals surface area contributed by atoms with Gasteiger partial charge in [-0.05, 0) is 49.5 Å². The molecule has 1 aliphatic carbocycles. The number of H-pyrrole nitrogens is 1. The first-order valence-corrected chi connectivity index (χ1v) is 8.45. The Morgan fingerprint density at radius 1 is 1.20 bits per heavy atom. The van der Waals surface area contributed by atoms with Crippen LogP contribution < -0.4 is 10.6 Å². The lowest BCUT2D eigenvalue weighted by atomic mass is 9.85. The summed E-state index contributed by atoms with van der Waals surface area (Å²) < 4.78 is 0. The summed E-state index contributed by atoms with van der Waals surface area (Å²) in [6, 6.07) is 5.87. The van der Waals surface area contributed by atoms with Crippen molar-refractivity contribution in [2.45, 2.75) is 45.6 Å². The second kappa shape index (κ2) is 7.42. The molecule has 0 atom stereocenters. The maximum absolute atomic E-state index is 12.6. The van der Waals surface area contributed by atoms with Crippen molar-refractivity contribution in [3.63, 3.8) is 0 Å². The van der Waals surface area contributed by atoms with E-state index in [1.165, 1.54) is 6.92 Å². The lowest BCUT2D eigenvalue weighted by molar-refractivity contribution is -0.121. The Bertz CT molecular complexity index is 751. The second-order valence-corrected chi connectivity index (χ2v) is 6.50. The molecule has 0 saturated heterocycles. The number of nitrogens with one attached hydrogen (secondary N) is 3. The predicted octanol–water partition coefficient (Wildman–Crippen LogP) is 1.81. The van der Waals surface area contributed by atoms with Crippen LogP contribution in [0.25, 0.3) is 11.4 Å². The van der Waals surface area contributed by atoms with Crippen LogP contribution in [0.5, 0.6) is 0 Å². The van der Waals surface area contributed by atoms with Crippen LogP contribution in [0.2, 0.25) is 0 Å². The number of aromatic amines is 1. The molecular weight excluding hydrogens is 320 g/mol. The van der Waals surface area contributed by atoms with Gasteiger partial charge in [0, 0.05) is 30.1 Å². The topological polar surface area (TPSA) is 113 Å². The Kier molecular flexibility index (Phi) is 5.06. The summed E-state index contributed by atoms with van der Waals surface area (Å²) in [6.07, 6.45) is 3.22. The van der Waals surface area contributed by atoms with Crippen LogP contribution in [0, 0.1) is 12.8 Å². The summed E-state index contributed by atoms with van der Waals surface area (Å²) in [5.74, 6) is 0.473. The minimum atomic E-state index is -0.0294. The Hall–Kier alpha value is -2.77. The Balaban J connectivity index is 1.63. The van der Waals surface area contributed by atoms with Gasteiger partial charge in [-0.2, -0.15) is 5.21 Å². The van der Waals surface area contributed by atoms with Crippen molar-refractivity contribution >= 4 is 17.5 Å². The van der Waals surface area contributed by atoms with E-state index in [1.54, 1.807) is 0 Å². The summed E-state index contributed by atoms with van der Waals surface area (Å²) in [4.78, 5) is 23.7. The van der Waals surface area contributed by atoms with Crippen molar-refractivity contribution in [1.82, 2.24) is 25.9 Å². The van der Waals surface area contributed by atoms with Gasteiger partial charge in [0.05, 0.1) is 0 Å². The van der Waals surface area contributed by atoms with Gasteiger partial charge in [0.1, 0.15) is 0 Å². The maximum Gasteiger partial charge on any atom is 0.227 e. The molecule has 1 aliphatic rings. The van der Waals surface area contributed by atoms with E-state index in [4.69, 9.17) is 0 Å². The summed E-state index contributed by atoms with van der Waals surface area (Å²) in [5, 5.41) is 19.9. The summed E-state index contributed by atoms with van der Waals surface area (Å²) in [7, 11) is 0. The third-order valence-electron chi connectivity index (χ3n) is 4.60. The van der Waals surface area contributed by atoms with E-state index in [2.05, 4.69) is 31.3 Å². The molecule has 1 aromatic heterocycles. The monoisotopic (exact) mass is 342 g/mol. The fraction of sp³-hybridized carbons (Fsp3) is 0.471. The first-order chi connectivity index (χ1) is 12.0. The molecule has 0 aliphatic heterocycles. The highest BCUT2D eigenvalue weighted by atomic mass is 16.2. The number of anilines is 1. The number of rotatable bonds is 4. The van der Waals surface area contributed by atoms with Crippen LogP contribution in [0.3, 0.4) is 0 Å². The number of hydrogen-bond donors (Lipinski definition) is 3. The molecule has 1 saturated carbocycles. The van der Waals surface area contributed by atoms with Crippen molar-refractivity contribution in [2.24, 2.45) is 5.92 Å². The van der Waals surface area contributed by atoms with Gasteiger partial charge in [-0.3, -0.25) is 9.59 Å². The number of aryl methyl sites for hydroxylation is 1. The maximum atomic E-state index is 12.6. The zero-order valence-electron chi connectivity index (χ0n) is 14.4. The van der Waals surface area contributed by atoms with E-state index in [9.17, 15) is 9.59 Å². The van der Waals surface area contributed by atoms with Crippen molar-refractivity contribution in [3.05, 3.63) is 23.8 Å².